The molecule has 0 aliphatic heterocycles. The van der Waals surface area contributed by atoms with Gasteiger partial charge in [0.15, 0.2) is 14.1 Å². The van der Waals surface area contributed by atoms with Crippen LogP contribution in [0, 0.1) is 0 Å². The van der Waals surface area contributed by atoms with E-state index >= 15 is 0 Å². The second-order valence-corrected chi connectivity index (χ2v) is 16.9. The third-order valence-electron chi connectivity index (χ3n) is 8.03. The Morgan fingerprint density at radius 3 is 2.19 bits per heavy atom. The molecule has 0 spiro atoms. The number of benzene rings is 2. The Balaban J connectivity index is 1.49. The van der Waals surface area contributed by atoms with Crippen molar-refractivity contribution < 1.29 is 9.22 Å². The van der Waals surface area contributed by atoms with Crippen LogP contribution in [0.2, 0.25) is 18.1 Å². The molecule has 0 aliphatic carbocycles. The summed E-state index contributed by atoms with van der Waals surface area (Å²) < 4.78 is 8.53. The molecule has 0 saturated heterocycles. The minimum absolute atomic E-state index is 0.0218. The lowest BCUT2D eigenvalue weighted by Crippen LogP contribution is -2.41. The first-order valence-electron chi connectivity index (χ1n) is 14.2. The maximum absolute atomic E-state index is 13.9. The molecule has 0 radical (unpaired) electrons. The monoisotopic (exact) mass is 575 g/mol. The highest BCUT2D eigenvalue weighted by Crippen LogP contribution is 2.37. The third-order valence-corrected chi connectivity index (χ3v) is 12.5. The second kappa shape index (κ2) is 11.9. The first kappa shape index (κ1) is 29.2. The van der Waals surface area contributed by atoms with E-state index < -0.39 is 8.32 Å². The maximum atomic E-state index is 13.9. The number of nitrogens with zero attached hydrogens (tertiary/aromatic N) is 5. The number of aliphatic imine (C=N–C) groups is 1. The lowest BCUT2D eigenvalue weighted by molar-refractivity contribution is 0.103. The van der Waals surface area contributed by atoms with Gasteiger partial charge in [-0.1, -0.05) is 81.4 Å². The average Bonchev–Trinajstić information content (AvgIpc) is 3.39. The van der Waals surface area contributed by atoms with E-state index in [4.69, 9.17) is 9.42 Å². The Hall–Kier alpha value is -4.27. The van der Waals surface area contributed by atoms with Crippen molar-refractivity contribution in [1.82, 2.24) is 19.5 Å². The fourth-order valence-corrected chi connectivity index (χ4v) is 5.61. The molecule has 3 aromatic heterocycles. The Labute approximate surface area is 248 Å². The molecule has 5 aromatic rings. The van der Waals surface area contributed by atoms with Crippen LogP contribution in [0.3, 0.4) is 0 Å². The quantitative estimate of drug-likeness (QED) is 0.102. The fraction of sp³-hybridized carbons (Fsp3) is 0.265. The SMILES string of the molecule is CC(CO[Si](C)(C)C(C)(C)C)n1cc(C(=O)c2cncc(N=C(c3ccccc3)c3ccccc3)c2)c2cncnc21. The lowest BCUT2D eigenvalue weighted by Gasteiger charge is -2.37. The Bertz CT molecular complexity index is 1680. The average molecular weight is 576 g/mol. The minimum Gasteiger partial charge on any atom is -0.415 e. The van der Waals surface area contributed by atoms with Crippen molar-refractivity contribution in [2.24, 2.45) is 4.99 Å². The van der Waals surface area contributed by atoms with Crippen LogP contribution in [0.1, 0.15) is 60.8 Å². The molecule has 0 fully saturated rings. The van der Waals surface area contributed by atoms with Gasteiger partial charge in [-0.05, 0) is 31.1 Å². The summed E-state index contributed by atoms with van der Waals surface area (Å²) in [6.45, 7) is 13.8. The normalized spacial score (nSPS) is 12.7. The van der Waals surface area contributed by atoms with E-state index in [1.54, 1.807) is 24.7 Å². The summed E-state index contributed by atoms with van der Waals surface area (Å²) >= 11 is 0. The number of ketones is 1. The molecule has 42 heavy (non-hydrogen) atoms. The van der Waals surface area contributed by atoms with Gasteiger partial charge in [-0.3, -0.25) is 9.78 Å². The Morgan fingerprint density at radius 1 is 0.929 bits per heavy atom. The van der Waals surface area contributed by atoms with Crippen LogP contribution in [0.15, 0.2) is 103 Å². The van der Waals surface area contributed by atoms with E-state index in [-0.39, 0.29) is 16.9 Å². The van der Waals surface area contributed by atoms with Gasteiger partial charge < -0.3 is 8.99 Å². The molecule has 8 heteroatoms. The van der Waals surface area contributed by atoms with Gasteiger partial charge >= 0.3 is 0 Å². The molecule has 5 rings (SSSR count). The van der Waals surface area contributed by atoms with Gasteiger partial charge in [0.2, 0.25) is 0 Å². The van der Waals surface area contributed by atoms with Gasteiger partial charge in [-0.25, -0.2) is 15.0 Å². The second-order valence-electron chi connectivity index (χ2n) is 12.1. The number of fused-ring (bicyclic) bond motifs is 1. The van der Waals surface area contributed by atoms with E-state index in [1.807, 2.05) is 71.4 Å². The van der Waals surface area contributed by atoms with Crippen molar-refractivity contribution in [2.45, 2.75) is 51.9 Å². The molecule has 0 saturated carbocycles. The summed E-state index contributed by atoms with van der Waals surface area (Å²) in [5, 5.41) is 0.806. The van der Waals surface area contributed by atoms with Crippen molar-refractivity contribution in [3.05, 3.63) is 120 Å². The van der Waals surface area contributed by atoms with Crippen molar-refractivity contribution in [2.75, 3.05) is 6.61 Å². The maximum Gasteiger partial charge on any atom is 0.196 e. The number of pyridine rings is 1. The summed E-state index contributed by atoms with van der Waals surface area (Å²) in [6, 6.07) is 21.8. The highest BCUT2D eigenvalue weighted by Gasteiger charge is 2.37. The molecule has 3 heterocycles. The molecule has 0 amide bonds. The van der Waals surface area contributed by atoms with Gasteiger partial charge in [0.1, 0.15) is 12.0 Å². The van der Waals surface area contributed by atoms with E-state index in [9.17, 15) is 4.79 Å². The van der Waals surface area contributed by atoms with Crippen molar-refractivity contribution >= 4 is 36.5 Å². The van der Waals surface area contributed by atoms with Crippen LogP contribution in [0.5, 0.6) is 0 Å². The molecule has 7 nitrogen and oxygen atoms in total. The zero-order valence-electron chi connectivity index (χ0n) is 25.1. The zero-order chi connectivity index (χ0) is 29.9. The number of hydrogen-bond acceptors (Lipinski definition) is 6. The molecule has 2 aromatic carbocycles. The minimum atomic E-state index is -1.94. The fourth-order valence-electron chi connectivity index (χ4n) is 4.52. The van der Waals surface area contributed by atoms with E-state index in [0.717, 1.165) is 16.8 Å². The van der Waals surface area contributed by atoms with Crippen LogP contribution in [0.25, 0.3) is 11.0 Å². The van der Waals surface area contributed by atoms with Gasteiger partial charge in [0.25, 0.3) is 0 Å². The first-order valence-corrected chi connectivity index (χ1v) is 17.1. The molecule has 1 atom stereocenters. The third kappa shape index (κ3) is 6.15. The number of carbonyl (C=O) groups is 1. The number of hydrogen-bond donors (Lipinski definition) is 0. The van der Waals surface area contributed by atoms with Gasteiger partial charge in [-0.15, -0.1) is 0 Å². The molecule has 214 valence electrons. The van der Waals surface area contributed by atoms with Gasteiger partial charge in [0.05, 0.1) is 35.8 Å². The van der Waals surface area contributed by atoms with Crippen molar-refractivity contribution in [3.8, 4) is 0 Å². The van der Waals surface area contributed by atoms with E-state index in [2.05, 4.69) is 55.7 Å². The highest BCUT2D eigenvalue weighted by molar-refractivity contribution is 6.74. The van der Waals surface area contributed by atoms with Gasteiger partial charge in [0, 0.05) is 40.7 Å². The van der Waals surface area contributed by atoms with Crippen LogP contribution in [-0.2, 0) is 4.43 Å². The van der Waals surface area contributed by atoms with Crippen molar-refractivity contribution in [1.29, 1.82) is 0 Å². The van der Waals surface area contributed by atoms with Crippen LogP contribution < -0.4 is 0 Å². The summed E-state index contributed by atoms with van der Waals surface area (Å²) in [7, 11) is -1.94. The Kier molecular flexibility index (Phi) is 8.29. The van der Waals surface area contributed by atoms with Crippen molar-refractivity contribution in [3.63, 3.8) is 0 Å². The zero-order valence-corrected chi connectivity index (χ0v) is 26.1. The number of carbonyl (C=O) groups excluding carboxylic acids is 1. The molecule has 1 unspecified atom stereocenters. The molecule has 0 bridgehead atoms. The smallest absolute Gasteiger partial charge is 0.196 e. The largest absolute Gasteiger partial charge is 0.415 e. The predicted molar refractivity (Wildman–Crippen MR) is 171 cm³/mol. The summed E-state index contributed by atoms with van der Waals surface area (Å²) in [6.07, 6.45) is 8.35. The van der Waals surface area contributed by atoms with E-state index in [1.165, 1.54) is 6.33 Å². The molecular weight excluding hydrogens is 538 g/mol. The standard InChI is InChI=1S/C34H37N5O2Si/c1-24(22-41-42(5,6)34(2,3)4)39-21-30(29-20-36-23-37-33(29)39)32(40)27-17-28(19-35-18-27)38-31(25-13-9-7-10-14-25)26-15-11-8-12-16-26/h7-21,23-24H,22H2,1-6H3. The summed E-state index contributed by atoms with van der Waals surface area (Å²) in [5.74, 6) is -0.156. The Morgan fingerprint density at radius 2 is 1.57 bits per heavy atom. The summed E-state index contributed by atoms with van der Waals surface area (Å²) in [4.78, 5) is 32.1. The van der Waals surface area contributed by atoms with Crippen LogP contribution in [-0.4, -0.2) is 45.9 Å². The van der Waals surface area contributed by atoms with E-state index in [0.29, 0.717) is 34.5 Å². The lowest BCUT2D eigenvalue weighted by atomic mass is 10.0. The topological polar surface area (TPSA) is 82.3 Å². The highest BCUT2D eigenvalue weighted by atomic mass is 28.4. The predicted octanol–water partition coefficient (Wildman–Crippen LogP) is 7.81. The molecular formula is C34H37N5O2Si. The number of aromatic nitrogens is 4. The number of rotatable bonds is 9. The van der Waals surface area contributed by atoms with Crippen LogP contribution in [0.4, 0.5) is 5.69 Å². The first-order chi connectivity index (χ1) is 20.0. The molecule has 0 N–H and O–H groups in total. The summed E-state index contributed by atoms with van der Waals surface area (Å²) in [5.41, 5.74) is 5.05. The molecule has 0 aliphatic rings. The van der Waals surface area contributed by atoms with Gasteiger partial charge in [-0.2, -0.15) is 0 Å². The van der Waals surface area contributed by atoms with Crippen LogP contribution >= 0.6 is 0 Å².